The Morgan fingerprint density at radius 2 is 2.05 bits per heavy atom. The number of nitrogens with zero attached hydrogens (tertiary/aromatic N) is 1. The van der Waals surface area contributed by atoms with E-state index in [4.69, 9.17) is 9.47 Å². The summed E-state index contributed by atoms with van der Waals surface area (Å²) in [6.45, 7) is 5.02. The molecule has 1 N–H and O–H groups in total. The molecule has 0 aliphatic rings. The van der Waals surface area contributed by atoms with Crippen molar-refractivity contribution in [3.05, 3.63) is 29.8 Å². The zero-order valence-corrected chi connectivity index (χ0v) is 13.4. The summed E-state index contributed by atoms with van der Waals surface area (Å²) in [4.78, 5) is 24.5. The van der Waals surface area contributed by atoms with Gasteiger partial charge in [-0.2, -0.15) is 0 Å². The molecule has 0 saturated carbocycles. The van der Waals surface area contributed by atoms with Crippen molar-refractivity contribution in [1.82, 2.24) is 10.2 Å². The first-order valence-corrected chi connectivity index (χ1v) is 7.36. The van der Waals surface area contributed by atoms with E-state index in [0.29, 0.717) is 26.2 Å². The van der Waals surface area contributed by atoms with Gasteiger partial charge in [-0.05, 0) is 31.0 Å². The van der Waals surface area contributed by atoms with Gasteiger partial charge in [0.05, 0.1) is 13.7 Å². The zero-order valence-electron chi connectivity index (χ0n) is 13.4. The summed E-state index contributed by atoms with van der Waals surface area (Å²) in [6, 6.07) is 7.76. The van der Waals surface area contributed by atoms with E-state index in [1.165, 1.54) is 6.92 Å². The van der Waals surface area contributed by atoms with Gasteiger partial charge in [-0.25, -0.2) is 4.79 Å². The van der Waals surface area contributed by atoms with Gasteiger partial charge in [0.1, 0.15) is 5.75 Å². The molecule has 22 heavy (non-hydrogen) atoms. The van der Waals surface area contributed by atoms with Gasteiger partial charge >= 0.3 is 6.09 Å². The van der Waals surface area contributed by atoms with E-state index in [9.17, 15) is 9.59 Å². The maximum absolute atomic E-state index is 11.6. The fourth-order valence-electron chi connectivity index (χ4n) is 1.99. The van der Waals surface area contributed by atoms with Gasteiger partial charge in [0.15, 0.2) is 0 Å². The van der Waals surface area contributed by atoms with Gasteiger partial charge in [0.25, 0.3) is 0 Å². The second kappa shape index (κ2) is 9.65. The predicted octanol–water partition coefficient (Wildman–Crippen LogP) is 1.83. The molecular formula is C16H24N2O4. The van der Waals surface area contributed by atoms with E-state index >= 15 is 0 Å². The molecule has 6 nitrogen and oxygen atoms in total. The van der Waals surface area contributed by atoms with Crippen LogP contribution in [0.5, 0.6) is 5.75 Å². The summed E-state index contributed by atoms with van der Waals surface area (Å²) in [5, 5.41) is 2.61. The summed E-state index contributed by atoms with van der Waals surface area (Å²) < 4.78 is 9.95. The molecule has 2 amide bonds. The highest BCUT2D eigenvalue weighted by atomic mass is 16.5. The summed E-state index contributed by atoms with van der Waals surface area (Å²) in [5.74, 6) is 0.782. The van der Waals surface area contributed by atoms with Crippen molar-refractivity contribution in [1.29, 1.82) is 0 Å². The molecule has 122 valence electrons. The Bertz CT molecular complexity index is 491. The van der Waals surface area contributed by atoms with E-state index in [1.54, 1.807) is 18.9 Å². The van der Waals surface area contributed by atoms with Crippen LogP contribution >= 0.6 is 0 Å². The fraction of sp³-hybridized carbons (Fsp3) is 0.500. The topological polar surface area (TPSA) is 67.9 Å². The molecule has 0 saturated heterocycles. The molecule has 0 heterocycles. The molecule has 0 spiro atoms. The normalized spacial score (nSPS) is 9.95. The summed E-state index contributed by atoms with van der Waals surface area (Å²) in [7, 11) is 1.63. The molecular weight excluding hydrogens is 284 g/mol. The van der Waals surface area contributed by atoms with E-state index < -0.39 is 6.09 Å². The molecule has 1 aromatic rings. The monoisotopic (exact) mass is 308 g/mol. The lowest BCUT2D eigenvalue weighted by molar-refractivity contribution is -0.128. The SMILES string of the molecule is CCOC(=O)NCCN(CCc1cccc(OC)c1)C(C)=O. The Morgan fingerprint density at radius 3 is 2.68 bits per heavy atom. The number of hydrogen-bond donors (Lipinski definition) is 1. The van der Waals surface area contributed by atoms with Crippen LogP contribution in [0.15, 0.2) is 24.3 Å². The van der Waals surface area contributed by atoms with Crippen LogP contribution in [-0.2, 0) is 16.0 Å². The highest BCUT2D eigenvalue weighted by Crippen LogP contribution is 2.13. The fourth-order valence-corrected chi connectivity index (χ4v) is 1.99. The molecule has 6 heteroatoms. The van der Waals surface area contributed by atoms with Gasteiger partial charge in [-0.3, -0.25) is 4.79 Å². The van der Waals surface area contributed by atoms with Crippen LogP contribution in [0, 0.1) is 0 Å². The largest absolute Gasteiger partial charge is 0.497 e. The highest BCUT2D eigenvalue weighted by molar-refractivity contribution is 5.73. The minimum atomic E-state index is -0.459. The van der Waals surface area contributed by atoms with Crippen LogP contribution in [-0.4, -0.2) is 50.3 Å². The number of alkyl carbamates (subject to hydrolysis) is 1. The minimum Gasteiger partial charge on any atom is -0.497 e. The van der Waals surface area contributed by atoms with Gasteiger partial charge in [0, 0.05) is 26.6 Å². The molecule has 0 aliphatic heterocycles. The smallest absolute Gasteiger partial charge is 0.407 e. The highest BCUT2D eigenvalue weighted by Gasteiger charge is 2.09. The molecule has 0 aromatic heterocycles. The first-order valence-electron chi connectivity index (χ1n) is 7.36. The zero-order chi connectivity index (χ0) is 16.4. The lowest BCUT2D eigenvalue weighted by Crippen LogP contribution is -2.38. The van der Waals surface area contributed by atoms with Crippen LogP contribution in [0.4, 0.5) is 4.79 Å². The summed E-state index contributed by atoms with van der Waals surface area (Å²) in [6.07, 6.45) is 0.273. The maximum Gasteiger partial charge on any atom is 0.407 e. The number of carbonyl (C=O) groups is 2. The van der Waals surface area contributed by atoms with Crippen LogP contribution in [0.3, 0.4) is 0 Å². The lowest BCUT2D eigenvalue weighted by atomic mass is 10.1. The van der Waals surface area contributed by atoms with E-state index in [2.05, 4.69) is 5.32 Å². The van der Waals surface area contributed by atoms with Gasteiger partial charge in [-0.1, -0.05) is 12.1 Å². The van der Waals surface area contributed by atoms with Crippen molar-refractivity contribution in [3.8, 4) is 5.75 Å². The number of nitrogens with one attached hydrogen (secondary N) is 1. The second-order valence-electron chi connectivity index (χ2n) is 4.75. The third kappa shape index (κ3) is 6.47. The standard InChI is InChI=1S/C16H24N2O4/c1-4-22-16(20)17-9-11-18(13(2)19)10-8-14-6-5-7-15(12-14)21-3/h5-7,12H,4,8-11H2,1-3H3,(H,17,20). The molecule has 0 unspecified atom stereocenters. The quantitative estimate of drug-likeness (QED) is 0.795. The van der Waals surface area contributed by atoms with E-state index in [-0.39, 0.29) is 5.91 Å². The number of rotatable bonds is 8. The van der Waals surface area contributed by atoms with Gasteiger partial charge in [-0.15, -0.1) is 0 Å². The van der Waals surface area contributed by atoms with Gasteiger partial charge < -0.3 is 19.7 Å². The molecule has 1 rings (SSSR count). The molecule has 0 aliphatic carbocycles. The third-order valence-electron chi connectivity index (χ3n) is 3.18. The molecule has 1 aromatic carbocycles. The van der Waals surface area contributed by atoms with Crippen molar-refractivity contribution >= 4 is 12.0 Å². The van der Waals surface area contributed by atoms with Crippen LogP contribution in [0.25, 0.3) is 0 Å². The third-order valence-corrected chi connectivity index (χ3v) is 3.18. The number of amides is 2. The number of carbonyl (C=O) groups excluding carboxylic acids is 2. The van der Waals surface area contributed by atoms with Crippen molar-refractivity contribution in [2.24, 2.45) is 0 Å². The van der Waals surface area contributed by atoms with Crippen molar-refractivity contribution in [2.45, 2.75) is 20.3 Å². The number of ether oxygens (including phenoxy) is 2. The number of hydrogen-bond acceptors (Lipinski definition) is 4. The number of methoxy groups -OCH3 is 1. The predicted molar refractivity (Wildman–Crippen MR) is 84.0 cm³/mol. The first kappa shape index (κ1) is 17.8. The van der Waals surface area contributed by atoms with Crippen LogP contribution in [0.2, 0.25) is 0 Å². The van der Waals surface area contributed by atoms with E-state index in [1.807, 2.05) is 24.3 Å². The Kier molecular flexibility index (Phi) is 7.81. The molecule has 0 atom stereocenters. The van der Waals surface area contributed by atoms with Crippen LogP contribution in [0.1, 0.15) is 19.4 Å². The van der Waals surface area contributed by atoms with Crippen LogP contribution < -0.4 is 10.1 Å². The van der Waals surface area contributed by atoms with Crippen molar-refractivity contribution in [3.63, 3.8) is 0 Å². The average molecular weight is 308 g/mol. The summed E-state index contributed by atoms with van der Waals surface area (Å²) >= 11 is 0. The van der Waals surface area contributed by atoms with Gasteiger partial charge in [0.2, 0.25) is 5.91 Å². The lowest BCUT2D eigenvalue weighted by Gasteiger charge is -2.21. The molecule has 0 fully saturated rings. The first-order chi connectivity index (χ1) is 10.6. The Morgan fingerprint density at radius 1 is 1.27 bits per heavy atom. The maximum atomic E-state index is 11.6. The Labute approximate surface area is 131 Å². The molecule has 0 bridgehead atoms. The Hall–Kier alpha value is -2.24. The average Bonchev–Trinajstić information content (AvgIpc) is 2.50. The molecule has 0 radical (unpaired) electrons. The second-order valence-corrected chi connectivity index (χ2v) is 4.75. The van der Waals surface area contributed by atoms with Crippen molar-refractivity contribution < 1.29 is 19.1 Å². The summed E-state index contributed by atoms with van der Waals surface area (Å²) in [5.41, 5.74) is 1.10. The Balaban J connectivity index is 2.43. The minimum absolute atomic E-state index is 0.0199. The van der Waals surface area contributed by atoms with E-state index in [0.717, 1.165) is 17.7 Å². The number of benzene rings is 1. The van der Waals surface area contributed by atoms with Crippen molar-refractivity contribution in [2.75, 3.05) is 33.4 Å².